The molecule has 142 valence electrons. The lowest BCUT2D eigenvalue weighted by molar-refractivity contribution is -0.134. The average Bonchev–Trinajstić information content (AvgIpc) is 2.60. The van der Waals surface area contributed by atoms with Gasteiger partial charge in [-0.1, -0.05) is 26.2 Å². The fourth-order valence-corrected chi connectivity index (χ4v) is 2.82. The normalized spacial score (nSPS) is 14.9. The molecule has 1 saturated heterocycles. The van der Waals surface area contributed by atoms with Gasteiger partial charge in [-0.2, -0.15) is 0 Å². The van der Waals surface area contributed by atoms with Crippen LogP contribution in [0.4, 0.5) is 5.69 Å². The molecule has 0 atom stereocenters. The van der Waals surface area contributed by atoms with Crippen molar-refractivity contribution in [1.29, 1.82) is 0 Å². The van der Waals surface area contributed by atoms with E-state index in [1.807, 2.05) is 0 Å². The van der Waals surface area contributed by atoms with Crippen LogP contribution in [-0.4, -0.2) is 47.5 Å². The molecule has 26 heavy (non-hydrogen) atoms. The summed E-state index contributed by atoms with van der Waals surface area (Å²) in [6.45, 7) is 2.71. The number of carbonyl (C=O) groups excluding carboxylic acids is 3. The summed E-state index contributed by atoms with van der Waals surface area (Å²) < 4.78 is 5.08. The lowest BCUT2D eigenvalue weighted by Crippen LogP contribution is -2.36. The van der Waals surface area contributed by atoms with Crippen LogP contribution in [0.15, 0.2) is 18.2 Å². The zero-order valence-corrected chi connectivity index (χ0v) is 15.1. The summed E-state index contributed by atoms with van der Waals surface area (Å²) in [5, 5.41) is 12.5. The summed E-state index contributed by atoms with van der Waals surface area (Å²) in [7, 11) is 0. The minimum atomic E-state index is -0.796. The van der Waals surface area contributed by atoms with E-state index in [9.17, 15) is 19.5 Å². The highest BCUT2D eigenvalue weighted by Crippen LogP contribution is 2.22. The lowest BCUT2D eigenvalue weighted by Gasteiger charge is -2.24. The fraction of sp³-hybridized carbons (Fsp3) is 0.526. The summed E-state index contributed by atoms with van der Waals surface area (Å²) >= 11 is 0. The van der Waals surface area contributed by atoms with Gasteiger partial charge in [0.25, 0.3) is 5.91 Å². The minimum absolute atomic E-state index is 0.0839. The molecular weight excluding hydrogens is 336 g/mol. The van der Waals surface area contributed by atoms with Gasteiger partial charge in [0.15, 0.2) is 6.61 Å². The molecular formula is C19H26N2O5. The van der Waals surface area contributed by atoms with Crippen LogP contribution < -0.4 is 5.32 Å². The number of phenols is 1. The highest BCUT2D eigenvalue weighted by Gasteiger charge is 2.19. The molecule has 1 aromatic rings. The topological polar surface area (TPSA) is 95.9 Å². The summed E-state index contributed by atoms with van der Waals surface area (Å²) in [6.07, 6.45) is 5.62. The van der Waals surface area contributed by atoms with Crippen molar-refractivity contribution >= 4 is 23.5 Å². The van der Waals surface area contributed by atoms with E-state index in [0.29, 0.717) is 25.2 Å². The number of benzene rings is 1. The van der Waals surface area contributed by atoms with E-state index < -0.39 is 5.97 Å². The second-order valence-corrected chi connectivity index (χ2v) is 6.36. The molecule has 1 aromatic carbocycles. The Balaban J connectivity index is 1.95. The molecule has 1 fully saturated rings. The van der Waals surface area contributed by atoms with Gasteiger partial charge in [-0.05, 0) is 31.0 Å². The molecule has 0 unspecified atom stereocenters. The Kier molecular flexibility index (Phi) is 7.44. The molecule has 0 spiro atoms. The molecule has 0 aliphatic carbocycles. The van der Waals surface area contributed by atoms with Crippen LogP contribution >= 0.6 is 0 Å². The van der Waals surface area contributed by atoms with Crippen LogP contribution in [0.2, 0.25) is 0 Å². The Labute approximate surface area is 153 Å². The summed E-state index contributed by atoms with van der Waals surface area (Å²) in [6, 6.07) is 4.14. The molecule has 0 saturated carbocycles. The van der Waals surface area contributed by atoms with Gasteiger partial charge >= 0.3 is 5.97 Å². The van der Waals surface area contributed by atoms with Gasteiger partial charge in [0.1, 0.15) is 11.3 Å². The molecule has 0 radical (unpaired) electrons. The number of rotatable bonds is 5. The Morgan fingerprint density at radius 3 is 2.42 bits per heavy atom. The van der Waals surface area contributed by atoms with Gasteiger partial charge < -0.3 is 20.1 Å². The predicted molar refractivity (Wildman–Crippen MR) is 97.0 cm³/mol. The second-order valence-electron chi connectivity index (χ2n) is 6.36. The van der Waals surface area contributed by atoms with Gasteiger partial charge in [0.05, 0.1) is 0 Å². The number of ether oxygens (including phenoxy) is 1. The smallest absolute Gasteiger partial charge is 0.342 e. The Bertz CT molecular complexity index is 651. The quantitative estimate of drug-likeness (QED) is 0.620. The molecule has 2 rings (SSSR count). The maximum atomic E-state index is 12.3. The van der Waals surface area contributed by atoms with Crippen LogP contribution in [0.3, 0.4) is 0 Å². The lowest BCUT2D eigenvalue weighted by atomic mass is 10.1. The van der Waals surface area contributed by atoms with Crippen molar-refractivity contribution in [3.8, 4) is 5.75 Å². The van der Waals surface area contributed by atoms with Crippen LogP contribution in [-0.2, 0) is 14.3 Å². The molecule has 0 bridgehead atoms. The van der Waals surface area contributed by atoms with Crippen molar-refractivity contribution in [1.82, 2.24) is 4.90 Å². The first-order valence-corrected chi connectivity index (χ1v) is 9.09. The Morgan fingerprint density at radius 2 is 1.77 bits per heavy atom. The predicted octanol–water partition coefficient (Wildman–Crippen LogP) is 2.69. The number of esters is 1. The maximum absolute atomic E-state index is 12.3. The third kappa shape index (κ3) is 5.75. The highest BCUT2D eigenvalue weighted by atomic mass is 16.5. The number of aromatic hydroxyl groups is 1. The maximum Gasteiger partial charge on any atom is 0.342 e. The first-order chi connectivity index (χ1) is 12.5. The highest BCUT2D eigenvalue weighted by molar-refractivity contribution is 5.97. The zero-order valence-electron chi connectivity index (χ0n) is 15.1. The van der Waals surface area contributed by atoms with E-state index in [-0.39, 0.29) is 29.7 Å². The van der Waals surface area contributed by atoms with Gasteiger partial charge in [-0.25, -0.2) is 4.79 Å². The minimum Gasteiger partial charge on any atom is -0.507 e. The third-order valence-electron chi connectivity index (χ3n) is 4.36. The summed E-state index contributed by atoms with van der Waals surface area (Å²) in [5.41, 5.74) is 0.302. The standard InChI is InChI=1S/C19H26N2O5/c1-2-17(23)20-14-8-9-16(22)15(12-14)19(25)26-13-18(24)21-10-6-4-3-5-7-11-21/h8-9,12,22H,2-7,10-11,13H2,1H3,(H,20,23). The third-order valence-corrected chi connectivity index (χ3v) is 4.36. The van der Waals surface area contributed by atoms with Crippen LogP contribution in [0.5, 0.6) is 5.75 Å². The van der Waals surface area contributed by atoms with E-state index in [1.54, 1.807) is 11.8 Å². The van der Waals surface area contributed by atoms with E-state index in [0.717, 1.165) is 25.7 Å². The van der Waals surface area contributed by atoms with Crippen molar-refractivity contribution in [3.05, 3.63) is 23.8 Å². The number of nitrogens with zero attached hydrogens (tertiary/aromatic N) is 1. The molecule has 1 aliphatic heterocycles. The average molecular weight is 362 g/mol. The number of nitrogens with one attached hydrogen (secondary N) is 1. The number of carbonyl (C=O) groups is 3. The number of phenolic OH excluding ortho intramolecular Hbond substituents is 1. The van der Waals surface area contributed by atoms with Gasteiger partial charge in [-0.15, -0.1) is 0 Å². The van der Waals surface area contributed by atoms with E-state index in [2.05, 4.69) is 5.32 Å². The van der Waals surface area contributed by atoms with Gasteiger partial charge in [0, 0.05) is 25.2 Å². The zero-order chi connectivity index (χ0) is 18.9. The van der Waals surface area contributed by atoms with E-state index in [4.69, 9.17) is 4.74 Å². The number of hydrogen-bond acceptors (Lipinski definition) is 5. The van der Waals surface area contributed by atoms with Gasteiger partial charge in [0.2, 0.25) is 5.91 Å². The number of hydrogen-bond donors (Lipinski definition) is 2. The molecule has 0 aromatic heterocycles. The molecule has 2 N–H and O–H groups in total. The molecule has 1 heterocycles. The number of amides is 2. The monoisotopic (exact) mass is 362 g/mol. The number of anilines is 1. The number of likely N-dealkylation sites (tertiary alicyclic amines) is 1. The van der Waals surface area contributed by atoms with Crippen molar-refractivity contribution in [2.24, 2.45) is 0 Å². The first-order valence-electron chi connectivity index (χ1n) is 9.09. The Hall–Kier alpha value is -2.57. The van der Waals surface area contributed by atoms with E-state index in [1.165, 1.54) is 24.6 Å². The van der Waals surface area contributed by atoms with Crippen molar-refractivity contribution < 1.29 is 24.2 Å². The van der Waals surface area contributed by atoms with Crippen LogP contribution in [0.25, 0.3) is 0 Å². The van der Waals surface area contributed by atoms with Crippen LogP contribution in [0, 0.1) is 0 Å². The molecule has 1 aliphatic rings. The first kappa shape index (κ1) is 19.8. The van der Waals surface area contributed by atoms with Gasteiger partial charge in [-0.3, -0.25) is 9.59 Å². The Morgan fingerprint density at radius 1 is 1.12 bits per heavy atom. The van der Waals surface area contributed by atoms with Crippen LogP contribution in [0.1, 0.15) is 55.8 Å². The largest absolute Gasteiger partial charge is 0.507 e. The summed E-state index contributed by atoms with van der Waals surface area (Å²) in [4.78, 5) is 37.7. The molecule has 7 heteroatoms. The molecule has 2 amide bonds. The van der Waals surface area contributed by atoms with Crippen molar-refractivity contribution in [3.63, 3.8) is 0 Å². The van der Waals surface area contributed by atoms with Crippen molar-refractivity contribution in [2.75, 3.05) is 25.0 Å². The molecule has 7 nitrogen and oxygen atoms in total. The van der Waals surface area contributed by atoms with Crippen molar-refractivity contribution in [2.45, 2.75) is 45.4 Å². The fourth-order valence-electron chi connectivity index (χ4n) is 2.82. The van der Waals surface area contributed by atoms with E-state index >= 15 is 0 Å². The SMILES string of the molecule is CCC(=O)Nc1ccc(O)c(C(=O)OCC(=O)N2CCCCCCC2)c1. The second kappa shape index (κ2) is 9.79. The summed E-state index contributed by atoms with van der Waals surface area (Å²) in [5.74, 6) is -1.49.